The fourth-order valence-electron chi connectivity index (χ4n) is 2.73. The maximum absolute atomic E-state index is 13.1. The number of nitrogens with one attached hydrogen (secondary N) is 1. The predicted octanol–water partition coefficient (Wildman–Crippen LogP) is 0.890. The molecule has 0 amide bonds. The molecule has 2 atom stereocenters. The first kappa shape index (κ1) is 10.5. The molecule has 3 heterocycles. The summed E-state index contributed by atoms with van der Waals surface area (Å²) in [5, 5.41) is 12.3. The third-order valence-electron chi connectivity index (χ3n) is 3.54. The second kappa shape index (κ2) is 3.97. The van der Waals surface area contributed by atoms with E-state index in [1.807, 2.05) is 6.07 Å². The Bertz CT molecular complexity index is 470. The summed E-state index contributed by atoms with van der Waals surface area (Å²) in [5.74, 6) is -0.0290. The molecule has 2 saturated heterocycles. The van der Waals surface area contributed by atoms with E-state index in [9.17, 15) is 4.39 Å². The minimum absolute atomic E-state index is 0.0216. The van der Waals surface area contributed by atoms with Crippen LogP contribution in [0.25, 0.3) is 0 Å². The molecule has 4 nitrogen and oxygen atoms in total. The van der Waals surface area contributed by atoms with Crippen LogP contribution in [0, 0.1) is 23.2 Å². The summed E-state index contributed by atoms with van der Waals surface area (Å²) in [6, 6.07) is 3.94. The van der Waals surface area contributed by atoms with E-state index in [0.717, 1.165) is 25.3 Å². The predicted molar refractivity (Wildman–Crippen MR) is 61.0 cm³/mol. The zero-order chi connectivity index (χ0) is 11.8. The Morgan fingerprint density at radius 2 is 2.41 bits per heavy atom. The quantitative estimate of drug-likeness (QED) is 0.731. The minimum Gasteiger partial charge on any atom is -0.368 e. The summed E-state index contributed by atoms with van der Waals surface area (Å²) in [6.07, 6.45) is 2.73. The molecule has 2 fully saturated rings. The van der Waals surface area contributed by atoms with E-state index >= 15 is 0 Å². The molecule has 0 saturated carbocycles. The zero-order valence-electron chi connectivity index (χ0n) is 9.36. The van der Waals surface area contributed by atoms with Crippen molar-refractivity contribution < 1.29 is 4.39 Å². The second-order valence-corrected chi connectivity index (χ2v) is 4.76. The van der Waals surface area contributed by atoms with E-state index in [1.165, 1.54) is 12.6 Å². The van der Waals surface area contributed by atoms with Gasteiger partial charge in [0, 0.05) is 25.7 Å². The van der Waals surface area contributed by atoms with E-state index in [0.29, 0.717) is 12.0 Å². The highest BCUT2D eigenvalue weighted by atomic mass is 19.1. The number of halogens is 1. The molecule has 5 heteroatoms. The number of rotatable bonds is 1. The van der Waals surface area contributed by atoms with Gasteiger partial charge in [0.05, 0.1) is 11.9 Å². The summed E-state index contributed by atoms with van der Waals surface area (Å²) >= 11 is 0. The molecule has 88 valence electrons. The Labute approximate surface area is 99.1 Å². The van der Waals surface area contributed by atoms with Gasteiger partial charge >= 0.3 is 0 Å². The van der Waals surface area contributed by atoms with Crippen molar-refractivity contribution in [1.82, 2.24) is 10.3 Å². The number of fused-ring (bicyclic) bond motifs is 2. The maximum Gasteiger partial charge on any atom is 0.230 e. The Morgan fingerprint density at radius 1 is 1.53 bits per heavy atom. The normalized spacial score (nSPS) is 26.9. The lowest BCUT2D eigenvalue weighted by molar-refractivity contribution is 0.474. The number of pyridine rings is 1. The van der Waals surface area contributed by atoms with Gasteiger partial charge in [-0.2, -0.15) is 9.65 Å². The van der Waals surface area contributed by atoms with Gasteiger partial charge in [0.25, 0.3) is 0 Å². The van der Waals surface area contributed by atoms with Gasteiger partial charge in [-0.1, -0.05) is 0 Å². The third kappa shape index (κ3) is 1.85. The summed E-state index contributed by atoms with van der Waals surface area (Å²) in [6.45, 7) is 2.93. The largest absolute Gasteiger partial charge is 0.368 e. The monoisotopic (exact) mass is 232 g/mol. The van der Waals surface area contributed by atoms with Crippen LogP contribution in [0.15, 0.2) is 12.3 Å². The van der Waals surface area contributed by atoms with Crippen molar-refractivity contribution in [1.29, 1.82) is 5.26 Å². The Balaban J connectivity index is 1.87. The van der Waals surface area contributed by atoms with Gasteiger partial charge in [-0.25, -0.2) is 4.98 Å². The first-order chi connectivity index (χ1) is 8.26. The zero-order valence-corrected chi connectivity index (χ0v) is 9.36. The van der Waals surface area contributed by atoms with Crippen LogP contribution in [0.3, 0.4) is 0 Å². The van der Waals surface area contributed by atoms with Crippen LogP contribution < -0.4 is 10.2 Å². The molecule has 2 aliphatic heterocycles. The molecular weight excluding hydrogens is 219 g/mol. The highest BCUT2D eigenvalue weighted by Gasteiger charge is 2.32. The maximum atomic E-state index is 13.1. The van der Waals surface area contributed by atoms with Gasteiger partial charge in [0.15, 0.2) is 0 Å². The average molecular weight is 232 g/mol. The van der Waals surface area contributed by atoms with Gasteiger partial charge < -0.3 is 10.2 Å². The highest BCUT2D eigenvalue weighted by Crippen LogP contribution is 2.27. The Hall–Kier alpha value is -1.67. The lowest BCUT2D eigenvalue weighted by Gasteiger charge is -2.32. The summed E-state index contributed by atoms with van der Waals surface area (Å²) < 4.78 is 13.1. The van der Waals surface area contributed by atoms with Gasteiger partial charge in [-0.15, -0.1) is 0 Å². The molecule has 3 rings (SSSR count). The fraction of sp³-hybridized carbons (Fsp3) is 0.500. The van der Waals surface area contributed by atoms with Crippen LogP contribution in [0.4, 0.5) is 10.1 Å². The minimum atomic E-state index is -0.686. The Morgan fingerprint density at radius 3 is 3.18 bits per heavy atom. The van der Waals surface area contributed by atoms with Crippen LogP contribution in [0.1, 0.15) is 12.0 Å². The van der Waals surface area contributed by atoms with E-state index in [2.05, 4.69) is 15.2 Å². The molecule has 2 bridgehead atoms. The average Bonchev–Trinajstić information content (AvgIpc) is 2.69. The van der Waals surface area contributed by atoms with E-state index in [-0.39, 0.29) is 5.56 Å². The van der Waals surface area contributed by atoms with Crippen molar-refractivity contribution in [3.8, 4) is 6.07 Å². The topological polar surface area (TPSA) is 52.0 Å². The first-order valence-electron chi connectivity index (χ1n) is 5.80. The molecule has 2 aliphatic rings. The fourth-order valence-corrected chi connectivity index (χ4v) is 2.73. The van der Waals surface area contributed by atoms with Gasteiger partial charge in [-0.05, 0) is 18.4 Å². The van der Waals surface area contributed by atoms with E-state index in [4.69, 9.17) is 5.26 Å². The van der Waals surface area contributed by atoms with Crippen LogP contribution in [0.5, 0.6) is 0 Å². The summed E-state index contributed by atoms with van der Waals surface area (Å²) in [7, 11) is 0. The molecule has 1 N–H and O–H groups in total. The number of aromatic nitrogens is 1. The standard InChI is InChI=1S/C12H13FN4/c13-12-9(3-14)2-11(5-16-12)17-6-8-1-10(7-17)15-4-8/h2,5,8,10,15H,1,4,6-7H2/t8-,10-/m0/s1. The molecule has 0 unspecified atom stereocenters. The number of nitriles is 1. The molecule has 0 radical (unpaired) electrons. The third-order valence-corrected chi connectivity index (χ3v) is 3.54. The van der Waals surface area contributed by atoms with Gasteiger partial charge in [-0.3, -0.25) is 0 Å². The molecule has 0 aromatic carbocycles. The molecule has 0 aliphatic carbocycles. The SMILES string of the molecule is N#Cc1cc(N2C[C@@H]3CN[C@@H](C3)C2)cnc1F. The van der Waals surface area contributed by atoms with Crippen molar-refractivity contribution in [2.75, 3.05) is 24.5 Å². The summed E-state index contributed by atoms with van der Waals surface area (Å²) in [5.41, 5.74) is 0.870. The first-order valence-corrected chi connectivity index (χ1v) is 5.80. The van der Waals surface area contributed by atoms with E-state index in [1.54, 1.807) is 6.07 Å². The van der Waals surface area contributed by atoms with Crippen molar-refractivity contribution in [3.05, 3.63) is 23.8 Å². The lowest BCUT2D eigenvalue weighted by Crippen LogP contribution is -2.41. The number of hydrogen-bond donors (Lipinski definition) is 1. The molecular formula is C12H13FN4. The highest BCUT2D eigenvalue weighted by molar-refractivity contribution is 5.50. The van der Waals surface area contributed by atoms with Crippen LogP contribution in [-0.4, -0.2) is 30.7 Å². The molecule has 1 aromatic rings. The van der Waals surface area contributed by atoms with Crippen molar-refractivity contribution >= 4 is 5.69 Å². The Kier molecular flexibility index (Phi) is 2.45. The number of piperidine rings is 1. The lowest BCUT2D eigenvalue weighted by atomic mass is 9.99. The van der Waals surface area contributed by atoms with Crippen molar-refractivity contribution in [2.24, 2.45) is 5.92 Å². The van der Waals surface area contributed by atoms with Gasteiger partial charge in [0.2, 0.25) is 5.95 Å². The smallest absolute Gasteiger partial charge is 0.230 e. The van der Waals surface area contributed by atoms with Crippen LogP contribution in [0.2, 0.25) is 0 Å². The van der Waals surface area contributed by atoms with Crippen LogP contribution >= 0.6 is 0 Å². The van der Waals surface area contributed by atoms with E-state index < -0.39 is 5.95 Å². The number of nitrogens with zero attached hydrogens (tertiary/aromatic N) is 3. The summed E-state index contributed by atoms with van der Waals surface area (Å²) in [4.78, 5) is 5.83. The number of hydrogen-bond acceptors (Lipinski definition) is 4. The van der Waals surface area contributed by atoms with Gasteiger partial charge in [0.1, 0.15) is 11.6 Å². The number of anilines is 1. The van der Waals surface area contributed by atoms with Crippen molar-refractivity contribution in [3.63, 3.8) is 0 Å². The molecule has 1 aromatic heterocycles. The second-order valence-electron chi connectivity index (χ2n) is 4.76. The molecule has 0 spiro atoms. The van der Waals surface area contributed by atoms with Crippen LogP contribution in [-0.2, 0) is 0 Å². The molecule has 17 heavy (non-hydrogen) atoms. The van der Waals surface area contributed by atoms with Crippen molar-refractivity contribution in [2.45, 2.75) is 12.5 Å².